The number of sulfone groups is 1. The summed E-state index contributed by atoms with van der Waals surface area (Å²) in [7, 11) is -3.38. The number of rotatable bonds is 4. The van der Waals surface area contributed by atoms with E-state index in [4.69, 9.17) is 0 Å². The topological polar surface area (TPSA) is 120 Å². The number of hydrogen-bond acceptors (Lipinski definition) is 8. The maximum atomic E-state index is 10.9. The summed E-state index contributed by atoms with van der Waals surface area (Å²) in [5.74, 6) is 0.586. The third kappa shape index (κ3) is 10.7. The largest absolute Gasteiger partial charge is 0.294 e. The van der Waals surface area contributed by atoms with Crippen LogP contribution in [0.3, 0.4) is 0 Å². The highest BCUT2D eigenvalue weighted by Gasteiger charge is 2.10. The summed E-state index contributed by atoms with van der Waals surface area (Å²) in [4.78, 5) is 36.6. The fourth-order valence-electron chi connectivity index (χ4n) is 1.41. The maximum Gasteiger partial charge on any atom is 0.246 e. The number of carbonyl (C=O) groups is 2. The highest BCUT2D eigenvalue weighted by atomic mass is 32.2. The molecule has 2 heterocycles. The van der Waals surface area contributed by atoms with Crippen LogP contribution >= 0.6 is 0 Å². The first-order valence-electron chi connectivity index (χ1n) is 8.00. The molecule has 0 unspecified atom stereocenters. The first-order valence-corrected chi connectivity index (χ1v) is 9.89. The third-order valence-electron chi connectivity index (χ3n) is 2.79. The van der Waals surface area contributed by atoms with Crippen LogP contribution in [0, 0.1) is 0 Å². The van der Waals surface area contributed by atoms with Gasteiger partial charge in [-0.15, -0.1) is 0 Å². The SMILES string of the molecule is CC.CC(=O)c1cnc(S(C)(=O)=O)nc1.CCc1ncc(C(C)=O)cn1.[B].[B]. The zero-order valence-electron chi connectivity index (χ0n) is 17.0. The summed E-state index contributed by atoms with van der Waals surface area (Å²) in [5, 5.41) is -0.266. The van der Waals surface area contributed by atoms with Crippen LogP contribution in [0.4, 0.5) is 0 Å². The summed E-state index contributed by atoms with van der Waals surface area (Å²) < 4.78 is 21.8. The van der Waals surface area contributed by atoms with Crippen LogP contribution in [0.2, 0.25) is 0 Å². The average molecular weight is 402 g/mol. The Morgan fingerprint density at radius 2 is 1.14 bits per heavy atom. The van der Waals surface area contributed by atoms with Crippen molar-refractivity contribution in [1.29, 1.82) is 0 Å². The summed E-state index contributed by atoms with van der Waals surface area (Å²) in [6, 6.07) is 0. The molecule has 2 aromatic rings. The van der Waals surface area contributed by atoms with Gasteiger partial charge in [0.05, 0.1) is 11.1 Å². The highest BCUT2D eigenvalue weighted by Crippen LogP contribution is 2.02. The Morgan fingerprint density at radius 1 is 0.821 bits per heavy atom. The summed E-state index contributed by atoms with van der Waals surface area (Å²) in [6.07, 6.45) is 7.34. The van der Waals surface area contributed by atoms with E-state index in [2.05, 4.69) is 19.9 Å². The zero-order chi connectivity index (χ0) is 20.3. The van der Waals surface area contributed by atoms with Crippen molar-refractivity contribution in [2.45, 2.75) is 46.2 Å². The molecule has 11 heteroatoms. The molecule has 0 bridgehead atoms. The second-order valence-corrected chi connectivity index (χ2v) is 6.79. The number of nitrogens with zero attached hydrogens (tertiary/aromatic N) is 4. The van der Waals surface area contributed by atoms with Crippen molar-refractivity contribution in [3.05, 3.63) is 41.7 Å². The van der Waals surface area contributed by atoms with E-state index < -0.39 is 9.84 Å². The van der Waals surface area contributed by atoms with Crippen LogP contribution in [0.25, 0.3) is 0 Å². The number of Topliss-reactive ketones (excluding diaryl/α,β-unsaturated/α-hetero) is 2. The summed E-state index contributed by atoms with van der Waals surface area (Å²) in [5.41, 5.74) is 0.870. The van der Waals surface area contributed by atoms with Crippen molar-refractivity contribution in [2.75, 3.05) is 6.26 Å². The van der Waals surface area contributed by atoms with Gasteiger partial charge in [-0.25, -0.2) is 28.4 Å². The molecular weight excluding hydrogens is 378 g/mol. The molecule has 6 radical (unpaired) electrons. The van der Waals surface area contributed by atoms with Crippen molar-refractivity contribution in [2.24, 2.45) is 0 Å². The fraction of sp³-hybridized carbons (Fsp3) is 0.412. The van der Waals surface area contributed by atoms with Gasteiger partial charge < -0.3 is 0 Å². The lowest BCUT2D eigenvalue weighted by Gasteiger charge is -1.96. The molecular formula is C17H24B2N4O4S. The lowest BCUT2D eigenvalue weighted by molar-refractivity contribution is 0.100. The lowest BCUT2D eigenvalue weighted by Crippen LogP contribution is -2.05. The van der Waals surface area contributed by atoms with Gasteiger partial charge in [0.2, 0.25) is 15.0 Å². The molecule has 2 rings (SSSR count). The van der Waals surface area contributed by atoms with Crippen molar-refractivity contribution in [3.8, 4) is 0 Å². The second-order valence-electron chi connectivity index (χ2n) is 4.88. The molecule has 0 spiro atoms. The predicted octanol–water partition coefficient (Wildman–Crippen LogP) is 1.59. The molecule has 0 saturated heterocycles. The van der Waals surface area contributed by atoms with Gasteiger partial charge in [-0.2, -0.15) is 0 Å². The minimum atomic E-state index is -3.38. The van der Waals surface area contributed by atoms with E-state index in [-0.39, 0.29) is 33.5 Å². The molecule has 0 fully saturated rings. The fourth-order valence-corrected chi connectivity index (χ4v) is 1.90. The molecule has 0 aliphatic rings. The lowest BCUT2D eigenvalue weighted by atomic mass is 10.2. The Kier molecular flexibility index (Phi) is 15.8. The van der Waals surface area contributed by atoms with E-state index in [0.29, 0.717) is 11.1 Å². The van der Waals surface area contributed by atoms with E-state index in [9.17, 15) is 18.0 Å². The van der Waals surface area contributed by atoms with Gasteiger partial charge in [0.1, 0.15) is 5.82 Å². The first-order chi connectivity index (χ1) is 12.1. The van der Waals surface area contributed by atoms with Crippen LogP contribution in [0.15, 0.2) is 29.9 Å². The molecule has 0 aromatic carbocycles. The molecule has 0 N–H and O–H groups in total. The number of aryl methyl sites for hydroxylation is 1. The van der Waals surface area contributed by atoms with Gasteiger partial charge in [0, 0.05) is 54.3 Å². The van der Waals surface area contributed by atoms with E-state index in [1.165, 1.54) is 26.2 Å². The van der Waals surface area contributed by atoms with Crippen LogP contribution < -0.4 is 0 Å². The van der Waals surface area contributed by atoms with Gasteiger partial charge in [0.25, 0.3) is 0 Å². The molecule has 0 aliphatic carbocycles. The Labute approximate surface area is 170 Å². The molecule has 0 amide bonds. The molecule has 148 valence electrons. The minimum absolute atomic E-state index is 0. The average Bonchev–Trinajstić information content (AvgIpc) is 2.63. The molecule has 0 saturated carbocycles. The van der Waals surface area contributed by atoms with Gasteiger partial charge >= 0.3 is 0 Å². The minimum Gasteiger partial charge on any atom is -0.294 e. The van der Waals surface area contributed by atoms with Crippen LogP contribution in [0.1, 0.15) is 61.2 Å². The Bertz CT molecular complexity index is 827. The van der Waals surface area contributed by atoms with E-state index in [1.807, 2.05) is 20.8 Å². The molecule has 8 nitrogen and oxygen atoms in total. The Morgan fingerprint density at radius 3 is 1.39 bits per heavy atom. The normalized spacial score (nSPS) is 9.21. The van der Waals surface area contributed by atoms with Crippen LogP contribution in [-0.4, -0.2) is 63.0 Å². The smallest absolute Gasteiger partial charge is 0.246 e. The van der Waals surface area contributed by atoms with Crippen LogP contribution in [-0.2, 0) is 16.3 Å². The monoisotopic (exact) mass is 402 g/mol. The molecule has 0 aliphatic heterocycles. The first kappa shape index (κ1) is 30.3. The molecule has 0 atom stereocenters. The number of ketones is 2. The van der Waals surface area contributed by atoms with Crippen molar-refractivity contribution in [1.82, 2.24) is 19.9 Å². The summed E-state index contributed by atoms with van der Waals surface area (Å²) in [6.45, 7) is 8.84. The maximum absolute atomic E-state index is 10.9. The van der Waals surface area contributed by atoms with Crippen molar-refractivity contribution < 1.29 is 18.0 Å². The third-order valence-corrected chi connectivity index (χ3v) is 3.67. The standard InChI is InChI=1S/C8H10N2O.C7H8N2O3S.C2H6.2B/c1-3-8-9-4-7(5-10-8)6(2)11;1-5(10)6-3-8-7(9-4-6)13(2,11)12;1-2;;/h4-5H,3H2,1-2H3;3-4H,1-2H3;1-2H3;;. The second kappa shape index (κ2) is 14.6. The Hall–Kier alpha value is -2.42. The zero-order valence-corrected chi connectivity index (χ0v) is 17.8. The molecule has 28 heavy (non-hydrogen) atoms. The number of carbonyl (C=O) groups excluding carboxylic acids is 2. The number of aromatic nitrogens is 4. The van der Waals surface area contributed by atoms with Gasteiger partial charge in [-0.1, -0.05) is 20.8 Å². The highest BCUT2D eigenvalue weighted by molar-refractivity contribution is 7.90. The van der Waals surface area contributed by atoms with Crippen molar-refractivity contribution in [3.63, 3.8) is 0 Å². The molecule has 2 aromatic heterocycles. The number of hydrogen-bond donors (Lipinski definition) is 0. The van der Waals surface area contributed by atoms with Gasteiger partial charge in [0.15, 0.2) is 11.6 Å². The van der Waals surface area contributed by atoms with E-state index in [0.717, 1.165) is 18.5 Å². The van der Waals surface area contributed by atoms with Crippen LogP contribution in [0.5, 0.6) is 0 Å². The Balaban J connectivity index is -0.000000388. The van der Waals surface area contributed by atoms with Crippen molar-refractivity contribution >= 4 is 38.2 Å². The van der Waals surface area contributed by atoms with E-state index >= 15 is 0 Å². The predicted molar refractivity (Wildman–Crippen MR) is 109 cm³/mol. The van der Waals surface area contributed by atoms with E-state index in [1.54, 1.807) is 12.4 Å². The van der Waals surface area contributed by atoms with Gasteiger partial charge in [-0.05, 0) is 13.8 Å². The summed E-state index contributed by atoms with van der Waals surface area (Å²) >= 11 is 0. The quantitative estimate of drug-likeness (QED) is 0.430. The van der Waals surface area contributed by atoms with Gasteiger partial charge in [-0.3, -0.25) is 9.59 Å².